The smallest absolute Gasteiger partial charge is 0.136 e. The normalized spacial score (nSPS) is 11.2. The molecule has 112 valence electrons. The third-order valence-corrected chi connectivity index (χ3v) is 3.04. The van der Waals surface area contributed by atoms with Crippen molar-refractivity contribution >= 4 is 0 Å². The molecule has 0 heterocycles. The van der Waals surface area contributed by atoms with Crippen molar-refractivity contribution in [2.24, 2.45) is 0 Å². The van der Waals surface area contributed by atoms with E-state index in [-0.39, 0.29) is 23.7 Å². The third kappa shape index (κ3) is 3.61. The lowest BCUT2D eigenvalue weighted by atomic mass is 9.98. The van der Waals surface area contributed by atoms with Crippen LogP contribution in [0.4, 0.5) is 17.6 Å². The Balaban J connectivity index is 2.53. The summed E-state index contributed by atoms with van der Waals surface area (Å²) >= 11 is 0. The Bertz CT molecular complexity index is 630. The van der Waals surface area contributed by atoms with Gasteiger partial charge in [0, 0.05) is 24.7 Å². The van der Waals surface area contributed by atoms with E-state index >= 15 is 0 Å². The number of nitrogens with one attached hydrogen (secondary N) is 1. The fourth-order valence-electron chi connectivity index (χ4n) is 2.07. The van der Waals surface area contributed by atoms with Crippen LogP contribution in [-0.2, 0) is 6.54 Å². The number of benzene rings is 2. The highest BCUT2D eigenvalue weighted by atomic mass is 19.1. The number of halogens is 4. The molecule has 0 radical (unpaired) electrons. The topological polar surface area (TPSA) is 12.0 Å². The maximum atomic E-state index is 13.9. The van der Waals surface area contributed by atoms with Crippen molar-refractivity contribution in [3.63, 3.8) is 0 Å². The summed E-state index contributed by atoms with van der Waals surface area (Å²) in [5, 5.41) is 3.06. The van der Waals surface area contributed by atoms with Crippen molar-refractivity contribution in [1.29, 1.82) is 0 Å². The molecule has 1 N–H and O–H groups in total. The van der Waals surface area contributed by atoms with Gasteiger partial charge in [0.2, 0.25) is 0 Å². The molecule has 0 aromatic heterocycles. The highest BCUT2D eigenvalue weighted by molar-refractivity contribution is 5.68. The molecule has 0 unspecified atom stereocenters. The molecule has 5 heteroatoms. The largest absolute Gasteiger partial charge is 0.310 e. The first-order chi connectivity index (χ1) is 9.88. The summed E-state index contributed by atoms with van der Waals surface area (Å²) in [6.07, 6.45) is 0. The highest BCUT2D eigenvalue weighted by Gasteiger charge is 2.17. The van der Waals surface area contributed by atoms with Crippen molar-refractivity contribution < 1.29 is 17.6 Å². The molecular formula is C16H15F4N. The molecule has 0 aliphatic carbocycles. The Kier molecular flexibility index (Phi) is 4.63. The molecule has 2 rings (SSSR count). The van der Waals surface area contributed by atoms with E-state index in [0.717, 1.165) is 6.07 Å². The summed E-state index contributed by atoms with van der Waals surface area (Å²) in [5.41, 5.74) is 0.268. The Morgan fingerprint density at radius 3 is 2.10 bits per heavy atom. The summed E-state index contributed by atoms with van der Waals surface area (Å²) in [5.74, 6) is -3.50. The predicted octanol–water partition coefficient (Wildman–Crippen LogP) is 4.41. The molecule has 0 saturated heterocycles. The molecule has 2 aromatic rings. The Hall–Kier alpha value is -1.88. The zero-order valence-corrected chi connectivity index (χ0v) is 11.7. The highest BCUT2D eigenvalue weighted by Crippen LogP contribution is 2.30. The van der Waals surface area contributed by atoms with Gasteiger partial charge in [-0.2, -0.15) is 0 Å². The van der Waals surface area contributed by atoms with Crippen LogP contribution < -0.4 is 5.32 Å². The lowest BCUT2D eigenvalue weighted by Crippen LogP contribution is -2.22. The maximum absolute atomic E-state index is 13.9. The summed E-state index contributed by atoms with van der Waals surface area (Å²) < 4.78 is 54.1. The van der Waals surface area contributed by atoms with Gasteiger partial charge in [0.05, 0.1) is 5.56 Å². The fraction of sp³-hybridized carbons (Fsp3) is 0.250. The molecule has 0 fully saturated rings. The van der Waals surface area contributed by atoms with E-state index in [9.17, 15) is 17.6 Å². The zero-order chi connectivity index (χ0) is 15.6. The van der Waals surface area contributed by atoms with Crippen LogP contribution >= 0.6 is 0 Å². The average molecular weight is 297 g/mol. The molecule has 1 nitrogen and oxygen atoms in total. The molecule has 0 saturated carbocycles. The van der Waals surface area contributed by atoms with E-state index < -0.39 is 23.3 Å². The molecule has 0 bridgehead atoms. The van der Waals surface area contributed by atoms with Gasteiger partial charge in [-0.05, 0) is 23.3 Å². The van der Waals surface area contributed by atoms with Gasteiger partial charge >= 0.3 is 0 Å². The van der Waals surface area contributed by atoms with Crippen molar-refractivity contribution in [3.8, 4) is 11.1 Å². The molecule has 0 atom stereocenters. The number of rotatable bonds is 4. The molecule has 0 spiro atoms. The molecule has 0 aliphatic rings. The van der Waals surface area contributed by atoms with Gasteiger partial charge in [-0.1, -0.05) is 19.9 Å². The van der Waals surface area contributed by atoms with Gasteiger partial charge in [0.15, 0.2) is 0 Å². The summed E-state index contributed by atoms with van der Waals surface area (Å²) in [6, 6.07) is 4.99. The standard InChI is InChI=1S/C16H15F4N/c1-9(2)21-8-10-5-11(17)3-4-13(10)16-14(19)6-12(18)7-15(16)20/h3-7,9,21H,8H2,1-2H3. The lowest BCUT2D eigenvalue weighted by molar-refractivity contribution is 0.546. The minimum atomic E-state index is -1.01. The number of hydrogen-bond acceptors (Lipinski definition) is 1. The summed E-state index contributed by atoms with van der Waals surface area (Å²) in [7, 11) is 0. The van der Waals surface area contributed by atoms with Crippen LogP contribution in [0.25, 0.3) is 11.1 Å². The van der Waals surface area contributed by atoms with Gasteiger partial charge in [0.25, 0.3) is 0 Å². The van der Waals surface area contributed by atoms with Crippen LogP contribution in [0, 0.1) is 23.3 Å². The Labute approximate surface area is 120 Å². The minimum Gasteiger partial charge on any atom is -0.310 e. The van der Waals surface area contributed by atoms with Gasteiger partial charge in [-0.25, -0.2) is 17.6 Å². The van der Waals surface area contributed by atoms with Crippen molar-refractivity contribution in [1.82, 2.24) is 5.32 Å². The van der Waals surface area contributed by atoms with Crippen molar-refractivity contribution in [2.45, 2.75) is 26.4 Å². The van der Waals surface area contributed by atoms with E-state index in [4.69, 9.17) is 0 Å². The molecular weight excluding hydrogens is 282 g/mol. The van der Waals surface area contributed by atoms with Crippen LogP contribution in [0.2, 0.25) is 0 Å². The van der Waals surface area contributed by atoms with E-state index in [1.165, 1.54) is 12.1 Å². The van der Waals surface area contributed by atoms with Gasteiger partial charge < -0.3 is 5.32 Å². The van der Waals surface area contributed by atoms with Crippen LogP contribution in [0.15, 0.2) is 30.3 Å². The average Bonchev–Trinajstić information content (AvgIpc) is 2.37. The maximum Gasteiger partial charge on any atom is 0.136 e. The molecule has 0 aliphatic heterocycles. The monoisotopic (exact) mass is 297 g/mol. The second kappa shape index (κ2) is 6.26. The zero-order valence-electron chi connectivity index (χ0n) is 11.7. The predicted molar refractivity (Wildman–Crippen MR) is 73.7 cm³/mol. The second-order valence-corrected chi connectivity index (χ2v) is 5.08. The molecule has 0 amide bonds. The van der Waals surface area contributed by atoms with Crippen LogP contribution in [0.1, 0.15) is 19.4 Å². The van der Waals surface area contributed by atoms with Gasteiger partial charge in [-0.15, -0.1) is 0 Å². The van der Waals surface area contributed by atoms with E-state index in [2.05, 4.69) is 5.32 Å². The quantitative estimate of drug-likeness (QED) is 0.824. The Morgan fingerprint density at radius 1 is 0.905 bits per heavy atom. The number of hydrogen-bond donors (Lipinski definition) is 1. The van der Waals surface area contributed by atoms with Crippen molar-refractivity contribution in [3.05, 3.63) is 59.2 Å². The lowest BCUT2D eigenvalue weighted by Gasteiger charge is -2.14. The van der Waals surface area contributed by atoms with Crippen LogP contribution in [-0.4, -0.2) is 6.04 Å². The first-order valence-corrected chi connectivity index (χ1v) is 6.55. The Morgan fingerprint density at radius 2 is 1.52 bits per heavy atom. The van der Waals surface area contributed by atoms with Crippen molar-refractivity contribution in [2.75, 3.05) is 0 Å². The molecule has 21 heavy (non-hydrogen) atoms. The summed E-state index contributed by atoms with van der Waals surface area (Å²) in [4.78, 5) is 0. The first-order valence-electron chi connectivity index (χ1n) is 6.55. The molecule has 2 aromatic carbocycles. The van der Waals surface area contributed by atoms with Crippen LogP contribution in [0.3, 0.4) is 0 Å². The summed E-state index contributed by atoms with van der Waals surface area (Å²) in [6.45, 7) is 4.05. The fourth-order valence-corrected chi connectivity index (χ4v) is 2.07. The van der Waals surface area contributed by atoms with Gasteiger partial charge in [-0.3, -0.25) is 0 Å². The van der Waals surface area contributed by atoms with Gasteiger partial charge in [0.1, 0.15) is 23.3 Å². The van der Waals surface area contributed by atoms with Crippen LogP contribution in [0.5, 0.6) is 0 Å². The first kappa shape index (κ1) is 15.5. The SMILES string of the molecule is CC(C)NCc1cc(F)ccc1-c1c(F)cc(F)cc1F. The van der Waals surface area contributed by atoms with E-state index in [1.807, 2.05) is 13.8 Å². The third-order valence-electron chi connectivity index (χ3n) is 3.04. The minimum absolute atomic E-state index is 0.129. The van der Waals surface area contributed by atoms with E-state index in [0.29, 0.717) is 17.7 Å². The van der Waals surface area contributed by atoms with E-state index in [1.54, 1.807) is 0 Å². The second-order valence-electron chi connectivity index (χ2n) is 5.08.